The van der Waals surface area contributed by atoms with E-state index in [1.54, 1.807) is 25.0 Å². The molecule has 134 valence electrons. The second-order valence-electron chi connectivity index (χ2n) is 5.76. The Kier molecular flexibility index (Phi) is 4.88. The Morgan fingerprint density at radius 1 is 1.15 bits per heavy atom. The van der Waals surface area contributed by atoms with Crippen LogP contribution in [-0.2, 0) is 11.2 Å². The first-order valence-corrected chi connectivity index (χ1v) is 8.06. The van der Waals surface area contributed by atoms with Gasteiger partial charge in [-0.1, -0.05) is 18.2 Å². The molecule has 7 nitrogen and oxygen atoms in total. The normalized spacial score (nSPS) is 10.6. The third kappa shape index (κ3) is 3.37. The van der Waals surface area contributed by atoms with Crippen molar-refractivity contribution in [1.29, 1.82) is 0 Å². The summed E-state index contributed by atoms with van der Waals surface area (Å²) < 4.78 is 12.5. The lowest BCUT2D eigenvalue weighted by Crippen LogP contribution is -2.14. The molecule has 0 saturated carbocycles. The number of hydrogen-bond acceptors (Lipinski definition) is 5. The molecular weight excluding hydrogens is 332 g/mol. The van der Waals surface area contributed by atoms with Gasteiger partial charge >= 0.3 is 0 Å². The van der Waals surface area contributed by atoms with Crippen molar-refractivity contribution in [2.75, 3.05) is 14.2 Å². The molecule has 1 aromatic heterocycles. The molecule has 7 heteroatoms. The fraction of sp³-hybridized carbons (Fsp3) is 0.211. The number of hydrogen-bond donors (Lipinski definition) is 1. The van der Waals surface area contributed by atoms with Crippen LogP contribution < -0.4 is 15.2 Å². The third-order valence-corrected chi connectivity index (χ3v) is 3.98. The van der Waals surface area contributed by atoms with E-state index in [1.165, 1.54) is 0 Å². The van der Waals surface area contributed by atoms with E-state index in [9.17, 15) is 4.79 Å². The third-order valence-electron chi connectivity index (χ3n) is 3.98. The van der Waals surface area contributed by atoms with Gasteiger partial charge in [0.05, 0.1) is 31.9 Å². The van der Waals surface area contributed by atoms with Crippen LogP contribution in [0.4, 0.5) is 0 Å². The molecule has 2 N–H and O–H groups in total. The highest BCUT2D eigenvalue weighted by Gasteiger charge is 2.19. The monoisotopic (exact) mass is 352 g/mol. The number of nitrogens with zero attached hydrogens (tertiary/aromatic N) is 3. The van der Waals surface area contributed by atoms with E-state index in [4.69, 9.17) is 15.2 Å². The summed E-state index contributed by atoms with van der Waals surface area (Å²) in [6.07, 6.45) is -0.0373. The standard InChI is InChI=1S/C19H20N4O3/c1-12-6-4-5-7-15(12)23-19(21-18(22-23)11-17(20)24)14-9-8-13(25-2)10-16(14)26-3/h4-10H,11H2,1-3H3,(H2,20,24). The molecule has 0 aliphatic rings. The van der Waals surface area contributed by atoms with Gasteiger partial charge in [0.25, 0.3) is 0 Å². The highest BCUT2D eigenvalue weighted by atomic mass is 16.5. The molecule has 0 radical (unpaired) electrons. The Labute approximate surface area is 151 Å². The first-order chi connectivity index (χ1) is 12.5. The molecule has 1 heterocycles. The van der Waals surface area contributed by atoms with Gasteiger partial charge in [0, 0.05) is 6.07 Å². The predicted octanol–water partition coefficient (Wildman–Crippen LogP) is 2.29. The quantitative estimate of drug-likeness (QED) is 0.735. The fourth-order valence-corrected chi connectivity index (χ4v) is 2.71. The number of aromatic nitrogens is 3. The lowest BCUT2D eigenvalue weighted by molar-refractivity contribution is -0.117. The van der Waals surface area contributed by atoms with E-state index < -0.39 is 5.91 Å². The zero-order valence-electron chi connectivity index (χ0n) is 14.9. The number of rotatable bonds is 6. The van der Waals surface area contributed by atoms with Gasteiger partial charge in [-0.3, -0.25) is 4.79 Å². The van der Waals surface area contributed by atoms with E-state index in [0.717, 1.165) is 16.8 Å². The smallest absolute Gasteiger partial charge is 0.225 e. The first-order valence-electron chi connectivity index (χ1n) is 8.06. The number of carbonyl (C=O) groups excluding carboxylic acids is 1. The molecule has 3 aromatic rings. The summed E-state index contributed by atoms with van der Waals surface area (Å²) in [7, 11) is 3.17. The topological polar surface area (TPSA) is 92.3 Å². The maximum absolute atomic E-state index is 11.3. The second kappa shape index (κ2) is 7.26. The molecule has 0 saturated heterocycles. The van der Waals surface area contributed by atoms with Crippen molar-refractivity contribution in [3.8, 4) is 28.6 Å². The average Bonchev–Trinajstić information content (AvgIpc) is 3.04. The summed E-state index contributed by atoms with van der Waals surface area (Å²) >= 11 is 0. The van der Waals surface area contributed by atoms with E-state index in [0.29, 0.717) is 23.1 Å². The van der Waals surface area contributed by atoms with Crippen molar-refractivity contribution < 1.29 is 14.3 Å². The van der Waals surface area contributed by atoms with Crippen LogP contribution in [0.15, 0.2) is 42.5 Å². The van der Waals surface area contributed by atoms with Gasteiger partial charge in [0.15, 0.2) is 11.6 Å². The highest BCUT2D eigenvalue weighted by Crippen LogP contribution is 2.33. The first kappa shape index (κ1) is 17.5. The summed E-state index contributed by atoms with van der Waals surface area (Å²) in [5.41, 5.74) is 7.94. The van der Waals surface area contributed by atoms with Crippen molar-refractivity contribution >= 4 is 5.91 Å². The number of amides is 1. The Morgan fingerprint density at radius 3 is 2.58 bits per heavy atom. The number of para-hydroxylation sites is 1. The Balaban J connectivity index is 2.22. The summed E-state index contributed by atoms with van der Waals surface area (Å²) in [6.45, 7) is 1.99. The zero-order valence-corrected chi connectivity index (χ0v) is 14.9. The molecular formula is C19H20N4O3. The maximum Gasteiger partial charge on any atom is 0.225 e. The maximum atomic E-state index is 11.3. The second-order valence-corrected chi connectivity index (χ2v) is 5.76. The molecule has 26 heavy (non-hydrogen) atoms. The Bertz CT molecular complexity index is 950. The SMILES string of the molecule is COc1ccc(-c2nc(CC(N)=O)nn2-c2ccccc2C)c(OC)c1. The highest BCUT2D eigenvalue weighted by molar-refractivity contribution is 5.76. The summed E-state index contributed by atoms with van der Waals surface area (Å²) in [6, 6.07) is 13.3. The lowest BCUT2D eigenvalue weighted by Gasteiger charge is -2.12. The molecule has 0 spiro atoms. The van der Waals surface area contributed by atoms with Crippen molar-refractivity contribution in [3.05, 3.63) is 53.9 Å². The largest absolute Gasteiger partial charge is 0.497 e. The van der Waals surface area contributed by atoms with Gasteiger partial charge < -0.3 is 15.2 Å². The number of primary amides is 1. The predicted molar refractivity (Wildman–Crippen MR) is 97.5 cm³/mol. The molecule has 1 amide bonds. The number of methoxy groups -OCH3 is 2. The van der Waals surface area contributed by atoms with Gasteiger partial charge in [-0.2, -0.15) is 5.10 Å². The molecule has 2 aromatic carbocycles. The van der Waals surface area contributed by atoms with Gasteiger partial charge in [-0.25, -0.2) is 9.67 Å². The van der Waals surface area contributed by atoms with E-state index in [-0.39, 0.29) is 6.42 Å². The molecule has 0 atom stereocenters. The van der Waals surface area contributed by atoms with Crippen molar-refractivity contribution in [1.82, 2.24) is 14.8 Å². The molecule has 0 fully saturated rings. The number of nitrogens with two attached hydrogens (primary N) is 1. The van der Waals surface area contributed by atoms with Gasteiger partial charge in [0.2, 0.25) is 5.91 Å². The van der Waals surface area contributed by atoms with Crippen LogP contribution in [-0.4, -0.2) is 34.9 Å². The van der Waals surface area contributed by atoms with Crippen molar-refractivity contribution in [3.63, 3.8) is 0 Å². The van der Waals surface area contributed by atoms with E-state index >= 15 is 0 Å². The minimum Gasteiger partial charge on any atom is -0.497 e. The van der Waals surface area contributed by atoms with E-state index in [1.807, 2.05) is 43.3 Å². The van der Waals surface area contributed by atoms with Crippen molar-refractivity contribution in [2.45, 2.75) is 13.3 Å². The van der Waals surface area contributed by atoms with Gasteiger partial charge in [-0.15, -0.1) is 0 Å². The van der Waals surface area contributed by atoms with Crippen LogP contribution in [0.5, 0.6) is 11.5 Å². The van der Waals surface area contributed by atoms with Gasteiger partial charge in [0.1, 0.15) is 11.5 Å². The minimum atomic E-state index is -0.486. The average molecular weight is 352 g/mol. The van der Waals surface area contributed by atoms with E-state index in [2.05, 4.69) is 10.1 Å². The lowest BCUT2D eigenvalue weighted by atomic mass is 10.1. The zero-order chi connectivity index (χ0) is 18.7. The molecule has 0 aliphatic carbocycles. The summed E-state index contributed by atoms with van der Waals surface area (Å²) in [5.74, 6) is 1.70. The van der Waals surface area contributed by atoms with Crippen LogP contribution in [0.1, 0.15) is 11.4 Å². The summed E-state index contributed by atoms with van der Waals surface area (Å²) in [5, 5.41) is 4.49. The number of ether oxygens (including phenoxy) is 2. The number of carbonyl (C=O) groups is 1. The number of aryl methyl sites for hydroxylation is 1. The number of benzene rings is 2. The molecule has 0 unspecified atom stereocenters. The van der Waals surface area contributed by atoms with Crippen LogP contribution in [0.25, 0.3) is 17.1 Å². The molecule has 0 aliphatic heterocycles. The Hall–Kier alpha value is -3.35. The fourth-order valence-electron chi connectivity index (χ4n) is 2.71. The van der Waals surface area contributed by atoms with Crippen LogP contribution in [0, 0.1) is 6.92 Å². The molecule has 0 bridgehead atoms. The van der Waals surface area contributed by atoms with Crippen LogP contribution >= 0.6 is 0 Å². The Morgan fingerprint density at radius 2 is 1.92 bits per heavy atom. The van der Waals surface area contributed by atoms with Gasteiger partial charge in [-0.05, 0) is 30.7 Å². The molecule has 3 rings (SSSR count). The minimum absolute atomic E-state index is 0.0373. The summed E-state index contributed by atoms with van der Waals surface area (Å²) in [4.78, 5) is 15.9. The van der Waals surface area contributed by atoms with Crippen molar-refractivity contribution in [2.24, 2.45) is 5.73 Å². The van der Waals surface area contributed by atoms with Crippen LogP contribution in [0.3, 0.4) is 0 Å². The van der Waals surface area contributed by atoms with Crippen LogP contribution in [0.2, 0.25) is 0 Å².